The Morgan fingerprint density at radius 3 is 2.72 bits per heavy atom. The van der Waals surface area contributed by atoms with Crippen LogP contribution in [0, 0.1) is 0 Å². The first-order valence-electron chi connectivity index (χ1n) is 8.83. The molecule has 1 aliphatic rings. The molecule has 5 heteroatoms. The number of nitrogens with zero attached hydrogens (tertiary/aromatic N) is 1. The van der Waals surface area contributed by atoms with E-state index in [4.69, 9.17) is 4.74 Å². The van der Waals surface area contributed by atoms with E-state index in [1.807, 2.05) is 18.2 Å². The molecule has 0 bridgehead atoms. The lowest BCUT2D eigenvalue weighted by atomic mass is 10.0. The van der Waals surface area contributed by atoms with Crippen molar-refractivity contribution in [1.82, 2.24) is 10.3 Å². The molecular formula is C20H25N3O2. The lowest BCUT2D eigenvalue weighted by molar-refractivity contribution is 0.0857. The van der Waals surface area contributed by atoms with Crippen molar-refractivity contribution in [3.05, 3.63) is 53.9 Å². The zero-order chi connectivity index (χ0) is 17.6. The molecule has 25 heavy (non-hydrogen) atoms. The molecule has 1 saturated heterocycles. The lowest BCUT2D eigenvalue weighted by Crippen LogP contribution is -2.31. The Bertz CT molecular complexity index is 707. The van der Waals surface area contributed by atoms with Gasteiger partial charge in [0, 0.05) is 25.0 Å². The molecule has 1 aromatic carbocycles. The van der Waals surface area contributed by atoms with Crippen molar-refractivity contribution < 1.29 is 9.53 Å². The normalized spacial score (nSPS) is 16.8. The van der Waals surface area contributed by atoms with Gasteiger partial charge in [-0.15, -0.1) is 0 Å². The topological polar surface area (TPSA) is 63.2 Å². The van der Waals surface area contributed by atoms with Gasteiger partial charge in [0.15, 0.2) is 0 Å². The third kappa shape index (κ3) is 4.79. The van der Waals surface area contributed by atoms with E-state index in [-0.39, 0.29) is 12.0 Å². The van der Waals surface area contributed by atoms with Gasteiger partial charge in [0.05, 0.1) is 23.6 Å². The van der Waals surface area contributed by atoms with Crippen molar-refractivity contribution in [2.75, 3.05) is 18.5 Å². The molecule has 1 atom stereocenters. The summed E-state index contributed by atoms with van der Waals surface area (Å²) >= 11 is 0. The number of carbonyl (C=O) groups excluding carboxylic acids is 1. The van der Waals surface area contributed by atoms with Crippen molar-refractivity contribution in [2.45, 2.75) is 38.7 Å². The summed E-state index contributed by atoms with van der Waals surface area (Å²) in [7, 11) is 0. The first-order valence-corrected chi connectivity index (χ1v) is 8.83. The fourth-order valence-corrected chi connectivity index (χ4v) is 2.86. The summed E-state index contributed by atoms with van der Waals surface area (Å²) in [4.78, 5) is 16.5. The van der Waals surface area contributed by atoms with Crippen LogP contribution in [0.2, 0.25) is 0 Å². The van der Waals surface area contributed by atoms with Gasteiger partial charge in [-0.05, 0) is 42.5 Å². The number of amides is 1. The second-order valence-corrected chi connectivity index (χ2v) is 6.71. The number of hydrogen-bond donors (Lipinski definition) is 2. The van der Waals surface area contributed by atoms with Crippen molar-refractivity contribution >= 4 is 17.3 Å². The Kier molecular flexibility index (Phi) is 5.66. The van der Waals surface area contributed by atoms with E-state index in [0.29, 0.717) is 18.0 Å². The summed E-state index contributed by atoms with van der Waals surface area (Å²) in [6.45, 7) is 5.68. The van der Waals surface area contributed by atoms with Crippen LogP contribution in [0.25, 0.3) is 0 Å². The Balaban J connectivity index is 1.61. The predicted octanol–water partition coefficient (Wildman–Crippen LogP) is 3.86. The zero-order valence-electron chi connectivity index (χ0n) is 14.8. The maximum Gasteiger partial charge on any atom is 0.253 e. The number of pyridine rings is 1. The van der Waals surface area contributed by atoms with E-state index < -0.39 is 0 Å². The SMILES string of the molecule is CC(C)c1ccc(Nc2cncc(C(=O)NCC3CCCO3)c2)cc1. The molecule has 1 amide bonds. The van der Waals surface area contributed by atoms with Gasteiger partial charge in [0.1, 0.15) is 0 Å². The van der Waals surface area contributed by atoms with Gasteiger partial charge in [0.2, 0.25) is 0 Å². The summed E-state index contributed by atoms with van der Waals surface area (Å²) in [6.07, 6.45) is 5.51. The van der Waals surface area contributed by atoms with Crippen molar-refractivity contribution in [3.63, 3.8) is 0 Å². The van der Waals surface area contributed by atoms with Gasteiger partial charge < -0.3 is 15.4 Å². The molecule has 1 aromatic heterocycles. The summed E-state index contributed by atoms with van der Waals surface area (Å²) < 4.78 is 5.53. The monoisotopic (exact) mass is 339 g/mol. The zero-order valence-corrected chi connectivity index (χ0v) is 14.8. The number of anilines is 2. The molecule has 0 saturated carbocycles. The van der Waals surface area contributed by atoms with Crippen LogP contribution in [0.5, 0.6) is 0 Å². The first kappa shape index (κ1) is 17.4. The highest BCUT2D eigenvalue weighted by Gasteiger charge is 2.17. The summed E-state index contributed by atoms with van der Waals surface area (Å²) in [5.41, 5.74) is 3.61. The number of hydrogen-bond acceptors (Lipinski definition) is 4. The maximum atomic E-state index is 12.3. The van der Waals surface area contributed by atoms with Gasteiger partial charge in [-0.2, -0.15) is 0 Å². The van der Waals surface area contributed by atoms with E-state index in [1.54, 1.807) is 12.4 Å². The second kappa shape index (κ2) is 8.12. The average molecular weight is 339 g/mol. The molecule has 0 radical (unpaired) electrons. The summed E-state index contributed by atoms with van der Waals surface area (Å²) in [5, 5.41) is 6.22. The minimum absolute atomic E-state index is 0.123. The quantitative estimate of drug-likeness (QED) is 0.839. The minimum Gasteiger partial charge on any atom is -0.376 e. The number of nitrogens with one attached hydrogen (secondary N) is 2. The Morgan fingerprint density at radius 1 is 1.24 bits per heavy atom. The molecule has 0 aliphatic carbocycles. The van der Waals surface area contributed by atoms with Gasteiger partial charge in [-0.3, -0.25) is 9.78 Å². The van der Waals surface area contributed by atoms with Crippen LogP contribution in [0.4, 0.5) is 11.4 Å². The van der Waals surface area contributed by atoms with Gasteiger partial charge in [-0.1, -0.05) is 26.0 Å². The van der Waals surface area contributed by atoms with E-state index in [9.17, 15) is 4.79 Å². The second-order valence-electron chi connectivity index (χ2n) is 6.71. The first-order chi connectivity index (χ1) is 12.1. The van der Waals surface area contributed by atoms with Crippen LogP contribution in [-0.4, -0.2) is 30.1 Å². The van der Waals surface area contributed by atoms with E-state index in [0.717, 1.165) is 30.8 Å². The lowest BCUT2D eigenvalue weighted by Gasteiger charge is -2.12. The summed E-state index contributed by atoms with van der Waals surface area (Å²) in [6, 6.07) is 10.1. The van der Waals surface area contributed by atoms with Crippen molar-refractivity contribution in [2.24, 2.45) is 0 Å². The van der Waals surface area contributed by atoms with Crippen molar-refractivity contribution in [3.8, 4) is 0 Å². The molecule has 1 unspecified atom stereocenters. The number of ether oxygens (including phenoxy) is 1. The van der Waals surface area contributed by atoms with Crippen LogP contribution >= 0.6 is 0 Å². The molecule has 3 rings (SSSR count). The molecule has 1 aliphatic heterocycles. The smallest absolute Gasteiger partial charge is 0.253 e. The Morgan fingerprint density at radius 2 is 2.04 bits per heavy atom. The van der Waals surface area contributed by atoms with Crippen LogP contribution in [0.1, 0.15) is 48.5 Å². The minimum atomic E-state index is -0.123. The highest BCUT2D eigenvalue weighted by atomic mass is 16.5. The molecule has 2 aromatic rings. The largest absolute Gasteiger partial charge is 0.376 e. The van der Waals surface area contributed by atoms with Gasteiger partial charge >= 0.3 is 0 Å². The van der Waals surface area contributed by atoms with Crippen LogP contribution in [0.3, 0.4) is 0 Å². The van der Waals surface area contributed by atoms with Crippen LogP contribution in [0.15, 0.2) is 42.7 Å². The highest BCUT2D eigenvalue weighted by Crippen LogP contribution is 2.20. The molecule has 2 heterocycles. The Hall–Kier alpha value is -2.40. The third-order valence-electron chi connectivity index (χ3n) is 4.38. The molecule has 5 nitrogen and oxygen atoms in total. The van der Waals surface area contributed by atoms with Gasteiger partial charge in [0.25, 0.3) is 5.91 Å². The standard InChI is InChI=1S/C20H25N3O2/c1-14(2)15-5-7-17(8-6-15)23-18-10-16(11-21-12-18)20(24)22-13-19-4-3-9-25-19/h5-8,10-12,14,19,23H,3-4,9,13H2,1-2H3,(H,22,24). The fraction of sp³-hybridized carbons (Fsp3) is 0.400. The highest BCUT2D eigenvalue weighted by molar-refractivity contribution is 5.94. The number of benzene rings is 1. The van der Waals surface area contributed by atoms with Crippen LogP contribution in [-0.2, 0) is 4.74 Å². The molecule has 1 fully saturated rings. The maximum absolute atomic E-state index is 12.3. The third-order valence-corrected chi connectivity index (χ3v) is 4.38. The van der Waals surface area contributed by atoms with E-state index in [1.165, 1.54) is 5.56 Å². The molecule has 132 valence electrons. The Labute approximate surface area is 148 Å². The van der Waals surface area contributed by atoms with E-state index >= 15 is 0 Å². The van der Waals surface area contributed by atoms with E-state index in [2.05, 4.69) is 41.6 Å². The fourth-order valence-electron chi connectivity index (χ4n) is 2.86. The average Bonchev–Trinajstić information content (AvgIpc) is 3.14. The predicted molar refractivity (Wildman–Crippen MR) is 99.4 cm³/mol. The molecule has 2 N–H and O–H groups in total. The van der Waals surface area contributed by atoms with Crippen LogP contribution < -0.4 is 10.6 Å². The summed E-state index contributed by atoms with van der Waals surface area (Å²) in [5.74, 6) is 0.383. The van der Waals surface area contributed by atoms with Crippen molar-refractivity contribution in [1.29, 1.82) is 0 Å². The van der Waals surface area contributed by atoms with Gasteiger partial charge in [-0.25, -0.2) is 0 Å². The molecule has 0 spiro atoms. The number of rotatable bonds is 6. The number of aromatic nitrogens is 1. The number of carbonyl (C=O) groups is 1. The molecular weight excluding hydrogens is 314 g/mol.